The Bertz CT molecular complexity index is 619. The van der Waals surface area contributed by atoms with E-state index in [2.05, 4.69) is 5.32 Å². The summed E-state index contributed by atoms with van der Waals surface area (Å²) in [6.07, 6.45) is 1.10. The fraction of sp³-hybridized carbons (Fsp3) is 0.312. The lowest BCUT2D eigenvalue weighted by atomic mass is 10.1. The van der Waals surface area contributed by atoms with Crippen LogP contribution in [0.3, 0.4) is 0 Å². The molecule has 0 amide bonds. The summed E-state index contributed by atoms with van der Waals surface area (Å²) in [7, 11) is 0. The minimum absolute atomic E-state index is 0.0978. The van der Waals surface area contributed by atoms with Gasteiger partial charge >= 0.3 is 11.9 Å². The van der Waals surface area contributed by atoms with Gasteiger partial charge in [-0.25, -0.2) is 14.0 Å². The quantitative estimate of drug-likeness (QED) is 0.273. The molecule has 0 unspecified atom stereocenters. The van der Waals surface area contributed by atoms with Crippen molar-refractivity contribution >= 4 is 23.4 Å². The lowest BCUT2D eigenvalue weighted by molar-refractivity contribution is -0.146. The van der Waals surface area contributed by atoms with Gasteiger partial charge in [0, 0.05) is 11.9 Å². The molecule has 0 saturated carbocycles. The number of esters is 2. The molecule has 0 atom stereocenters. The molecule has 0 heterocycles. The zero-order chi connectivity index (χ0) is 17.4. The number of benzene rings is 1. The second-order valence-corrected chi connectivity index (χ2v) is 4.39. The molecule has 1 N–H and O–H groups in total. The van der Waals surface area contributed by atoms with E-state index in [-0.39, 0.29) is 24.4 Å². The Hall–Kier alpha value is -2.70. The van der Waals surface area contributed by atoms with E-state index < -0.39 is 23.5 Å². The largest absolute Gasteiger partial charge is 0.462 e. The molecule has 0 aromatic heterocycles. The van der Waals surface area contributed by atoms with Gasteiger partial charge in [-0.3, -0.25) is 4.79 Å². The first-order chi connectivity index (χ1) is 10.9. The molecule has 1 aromatic rings. The van der Waals surface area contributed by atoms with Crippen LogP contribution in [0.5, 0.6) is 0 Å². The number of carbonyl (C=O) groups is 3. The number of carbonyl (C=O) groups excluding carboxylic acids is 3. The van der Waals surface area contributed by atoms with Crippen LogP contribution in [0.15, 0.2) is 30.0 Å². The first-order valence-corrected chi connectivity index (χ1v) is 7.02. The highest BCUT2D eigenvalue weighted by atomic mass is 19.1. The number of Topliss-reactive ketones (excluding diaryl/α,β-unsaturated/α-hetero) is 1. The van der Waals surface area contributed by atoms with Gasteiger partial charge in [0.2, 0.25) is 0 Å². The van der Waals surface area contributed by atoms with E-state index in [0.717, 1.165) is 12.3 Å². The Kier molecular flexibility index (Phi) is 6.92. The third kappa shape index (κ3) is 5.21. The topological polar surface area (TPSA) is 81.7 Å². The van der Waals surface area contributed by atoms with Gasteiger partial charge in [-0.2, -0.15) is 0 Å². The molecule has 0 spiro atoms. The standard InChI is InChI=1S/C16H18FNO5/c1-4-22-15(20)13(16(21)23-5-2)9-18-11-6-7-14(17)12(8-11)10(3)19/h6-9,18H,4-5H2,1-3H3. The van der Waals surface area contributed by atoms with E-state index in [4.69, 9.17) is 9.47 Å². The monoisotopic (exact) mass is 323 g/mol. The van der Waals surface area contributed by atoms with E-state index in [1.807, 2.05) is 0 Å². The van der Waals surface area contributed by atoms with Crippen LogP contribution in [0.4, 0.5) is 10.1 Å². The van der Waals surface area contributed by atoms with Crippen molar-refractivity contribution in [3.8, 4) is 0 Å². The van der Waals surface area contributed by atoms with Crippen LogP contribution in [0, 0.1) is 5.82 Å². The molecule has 0 fully saturated rings. The Morgan fingerprint density at radius 3 is 2.17 bits per heavy atom. The normalized spacial score (nSPS) is 9.74. The van der Waals surface area contributed by atoms with Crippen LogP contribution >= 0.6 is 0 Å². The van der Waals surface area contributed by atoms with Crippen molar-refractivity contribution in [2.45, 2.75) is 20.8 Å². The minimum atomic E-state index is -0.840. The summed E-state index contributed by atoms with van der Waals surface area (Å²) in [6.45, 7) is 4.64. The van der Waals surface area contributed by atoms with Gasteiger partial charge in [0.05, 0.1) is 18.8 Å². The van der Waals surface area contributed by atoms with Gasteiger partial charge in [0.25, 0.3) is 0 Å². The van der Waals surface area contributed by atoms with Gasteiger partial charge in [-0.05, 0) is 39.0 Å². The van der Waals surface area contributed by atoms with E-state index in [0.29, 0.717) is 5.69 Å². The minimum Gasteiger partial charge on any atom is -0.462 e. The second kappa shape index (κ2) is 8.67. The second-order valence-electron chi connectivity index (χ2n) is 4.39. The van der Waals surface area contributed by atoms with Crippen molar-refractivity contribution < 1.29 is 28.2 Å². The third-order valence-electron chi connectivity index (χ3n) is 2.72. The van der Waals surface area contributed by atoms with Crippen LogP contribution in [-0.4, -0.2) is 30.9 Å². The number of halogens is 1. The predicted octanol–water partition coefficient (Wildman–Crippen LogP) is 2.45. The van der Waals surface area contributed by atoms with Gasteiger partial charge in [0.1, 0.15) is 5.82 Å². The number of hydrogen-bond acceptors (Lipinski definition) is 6. The summed E-state index contributed by atoms with van der Waals surface area (Å²) in [6, 6.07) is 3.76. The van der Waals surface area contributed by atoms with Crippen molar-refractivity contribution in [2.24, 2.45) is 0 Å². The van der Waals surface area contributed by atoms with Crippen LogP contribution in [-0.2, 0) is 19.1 Å². The molecule has 124 valence electrons. The van der Waals surface area contributed by atoms with Gasteiger partial charge in [-0.15, -0.1) is 0 Å². The van der Waals surface area contributed by atoms with Crippen LogP contribution in [0.25, 0.3) is 0 Å². The molecule has 0 bridgehead atoms. The molecule has 7 heteroatoms. The summed E-state index contributed by atoms with van der Waals surface area (Å²) >= 11 is 0. The third-order valence-corrected chi connectivity index (χ3v) is 2.72. The maximum absolute atomic E-state index is 13.5. The predicted molar refractivity (Wildman–Crippen MR) is 81.4 cm³/mol. The van der Waals surface area contributed by atoms with Crippen molar-refractivity contribution in [2.75, 3.05) is 18.5 Å². The van der Waals surface area contributed by atoms with Crippen LogP contribution in [0.1, 0.15) is 31.1 Å². The molecule has 0 saturated heterocycles. The highest BCUT2D eigenvalue weighted by molar-refractivity contribution is 6.14. The number of anilines is 1. The van der Waals surface area contributed by atoms with Crippen molar-refractivity contribution in [3.63, 3.8) is 0 Å². The highest BCUT2D eigenvalue weighted by Gasteiger charge is 2.21. The van der Waals surface area contributed by atoms with Crippen molar-refractivity contribution in [1.82, 2.24) is 0 Å². The molecule has 23 heavy (non-hydrogen) atoms. The fourth-order valence-electron chi connectivity index (χ4n) is 1.66. The van der Waals surface area contributed by atoms with Crippen molar-refractivity contribution in [1.29, 1.82) is 0 Å². The van der Waals surface area contributed by atoms with Crippen LogP contribution < -0.4 is 5.32 Å². The number of ether oxygens (including phenoxy) is 2. The molecule has 0 aliphatic heterocycles. The van der Waals surface area contributed by atoms with E-state index in [1.54, 1.807) is 13.8 Å². The van der Waals surface area contributed by atoms with Gasteiger partial charge in [0.15, 0.2) is 11.4 Å². The Morgan fingerprint density at radius 2 is 1.70 bits per heavy atom. The zero-order valence-electron chi connectivity index (χ0n) is 13.1. The Morgan fingerprint density at radius 1 is 1.13 bits per heavy atom. The summed E-state index contributed by atoms with van der Waals surface area (Å²) < 4.78 is 23.0. The lowest BCUT2D eigenvalue weighted by Crippen LogP contribution is -2.19. The van der Waals surface area contributed by atoms with Gasteiger partial charge < -0.3 is 14.8 Å². The fourth-order valence-corrected chi connectivity index (χ4v) is 1.66. The number of ketones is 1. The molecule has 6 nitrogen and oxygen atoms in total. The number of nitrogens with one attached hydrogen (secondary N) is 1. The number of hydrogen-bond donors (Lipinski definition) is 1. The molecule has 1 aromatic carbocycles. The number of rotatable bonds is 7. The maximum Gasteiger partial charge on any atom is 0.347 e. The molecular weight excluding hydrogens is 305 g/mol. The zero-order valence-corrected chi connectivity index (χ0v) is 13.1. The van der Waals surface area contributed by atoms with Crippen LogP contribution in [0.2, 0.25) is 0 Å². The molecule has 0 aliphatic carbocycles. The maximum atomic E-state index is 13.5. The summed E-state index contributed by atoms with van der Waals surface area (Å²) in [5.41, 5.74) is -0.0951. The van der Waals surface area contributed by atoms with E-state index >= 15 is 0 Å². The van der Waals surface area contributed by atoms with E-state index in [1.165, 1.54) is 19.1 Å². The van der Waals surface area contributed by atoms with E-state index in [9.17, 15) is 18.8 Å². The molecule has 0 radical (unpaired) electrons. The average molecular weight is 323 g/mol. The summed E-state index contributed by atoms with van der Waals surface area (Å²) in [5.74, 6) is -2.77. The smallest absolute Gasteiger partial charge is 0.347 e. The Balaban J connectivity index is 3.04. The first-order valence-electron chi connectivity index (χ1n) is 7.02. The van der Waals surface area contributed by atoms with Crippen molar-refractivity contribution in [3.05, 3.63) is 41.4 Å². The molecular formula is C16H18FNO5. The molecule has 1 rings (SSSR count). The highest BCUT2D eigenvalue weighted by Crippen LogP contribution is 2.16. The first kappa shape index (κ1) is 18.3. The summed E-state index contributed by atoms with van der Waals surface area (Å²) in [4.78, 5) is 34.8. The lowest BCUT2D eigenvalue weighted by Gasteiger charge is -2.08. The Labute approximate surface area is 133 Å². The average Bonchev–Trinajstić information content (AvgIpc) is 2.49. The van der Waals surface area contributed by atoms with Gasteiger partial charge in [-0.1, -0.05) is 0 Å². The summed E-state index contributed by atoms with van der Waals surface area (Å²) in [5, 5.41) is 2.66. The SMILES string of the molecule is CCOC(=O)C(=CNc1ccc(F)c(C(C)=O)c1)C(=O)OCC. The molecule has 0 aliphatic rings.